The maximum atomic E-state index is 11.9. The summed E-state index contributed by atoms with van der Waals surface area (Å²) in [6, 6.07) is 6.88. The molecule has 2 rings (SSSR count). The summed E-state index contributed by atoms with van der Waals surface area (Å²) in [5.74, 6) is 0.256. The van der Waals surface area contributed by atoms with E-state index in [0.29, 0.717) is 18.1 Å². The van der Waals surface area contributed by atoms with Crippen LogP contribution in [0.5, 0.6) is 0 Å². The third-order valence-electron chi connectivity index (χ3n) is 2.35. The van der Waals surface area contributed by atoms with Gasteiger partial charge in [0, 0.05) is 12.3 Å². The van der Waals surface area contributed by atoms with E-state index in [9.17, 15) is 4.79 Å². The van der Waals surface area contributed by atoms with Gasteiger partial charge in [-0.25, -0.2) is 4.68 Å². The van der Waals surface area contributed by atoms with Crippen LogP contribution in [-0.2, 0) is 6.54 Å². The predicted molar refractivity (Wildman–Crippen MR) is 66.2 cm³/mol. The zero-order valence-corrected chi connectivity index (χ0v) is 10.00. The highest BCUT2D eigenvalue weighted by Gasteiger charge is 2.11. The summed E-state index contributed by atoms with van der Waals surface area (Å²) < 4.78 is 1.55. The van der Waals surface area contributed by atoms with Gasteiger partial charge in [-0.05, 0) is 19.1 Å². The molecule has 2 aromatic rings. The molecular weight excluding hydrogens is 232 g/mol. The highest BCUT2D eigenvalue weighted by atomic mass is 16.3. The van der Waals surface area contributed by atoms with Crippen molar-refractivity contribution in [3.63, 3.8) is 0 Å². The van der Waals surface area contributed by atoms with Gasteiger partial charge in [0.05, 0.1) is 18.8 Å². The molecule has 2 N–H and O–H groups in total. The van der Waals surface area contributed by atoms with Gasteiger partial charge in [0.1, 0.15) is 11.5 Å². The van der Waals surface area contributed by atoms with Gasteiger partial charge >= 0.3 is 0 Å². The van der Waals surface area contributed by atoms with E-state index in [-0.39, 0.29) is 12.5 Å². The molecule has 0 aliphatic carbocycles. The second kappa shape index (κ2) is 5.42. The van der Waals surface area contributed by atoms with Crippen molar-refractivity contribution in [2.75, 3.05) is 11.9 Å². The Morgan fingerprint density at radius 2 is 2.33 bits per heavy atom. The van der Waals surface area contributed by atoms with E-state index in [0.717, 1.165) is 5.69 Å². The number of carbonyl (C=O) groups is 1. The van der Waals surface area contributed by atoms with Crippen LogP contribution < -0.4 is 5.32 Å². The van der Waals surface area contributed by atoms with Gasteiger partial charge in [-0.1, -0.05) is 6.07 Å². The van der Waals surface area contributed by atoms with Crippen LogP contribution in [0.25, 0.3) is 0 Å². The molecule has 0 atom stereocenters. The van der Waals surface area contributed by atoms with Crippen LogP contribution in [0.15, 0.2) is 30.5 Å². The largest absolute Gasteiger partial charge is 0.394 e. The van der Waals surface area contributed by atoms with E-state index in [1.165, 1.54) is 0 Å². The number of aliphatic hydroxyl groups is 1. The fourth-order valence-electron chi connectivity index (χ4n) is 1.59. The lowest BCUT2D eigenvalue weighted by Gasteiger charge is -2.06. The molecule has 0 saturated carbocycles. The molecule has 6 nitrogen and oxygen atoms in total. The Kier molecular flexibility index (Phi) is 3.69. The summed E-state index contributed by atoms with van der Waals surface area (Å²) in [5, 5.41) is 15.8. The topological polar surface area (TPSA) is 80.0 Å². The predicted octanol–water partition coefficient (Wildman–Crippen LogP) is 0.831. The van der Waals surface area contributed by atoms with E-state index in [1.807, 2.05) is 6.92 Å². The van der Waals surface area contributed by atoms with Gasteiger partial charge in [-0.15, -0.1) is 0 Å². The fourth-order valence-corrected chi connectivity index (χ4v) is 1.59. The summed E-state index contributed by atoms with van der Waals surface area (Å²) in [7, 11) is 0. The minimum Gasteiger partial charge on any atom is -0.394 e. The number of carbonyl (C=O) groups excluding carboxylic acids is 1. The van der Waals surface area contributed by atoms with Crippen LogP contribution in [0, 0.1) is 6.92 Å². The van der Waals surface area contributed by atoms with E-state index < -0.39 is 0 Å². The second-order valence-electron chi connectivity index (χ2n) is 3.79. The van der Waals surface area contributed by atoms with E-state index in [4.69, 9.17) is 5.11 Å². The van der Waals surface area contributed by atoms with Gasteiger partial charge in [-0.2, -0.15) is 5.10 Å². The number of anilines is 1. The van der Waals surface area contributed by atoms with Crippen LogP contribution in [0.1, 0.15) is 16.2 Å². The van der Waals surface area contributed by atoms with Crippen molar-refractivity contribution in [1.82, 2.24) is 14.8 Å². The van der Waals surface area contributed by atoms with Crippen molar-refractivity contribution < 1.29 is 9.90 Å². The van der Waals surface area contributed by atoms with Crippen molar-refractivity contribution in [2.24, 2.45) is 0 Å². The van der Waals surface area contributed by atoms with Crippen molar-refractivity contribution in [3.05, 3.63) is 41.9 Å². The maximum absolute atomic E-state index is 11.9. The first kappa shape index (κ1) is 12.3. The van der Waals surface area contributed by atoms with Crippen molar-refractivity contribution in [1.29, 1.82) is 0 Å². The molecule has 0 unspecified atom stereocenters. The number of aromatic nitrogens is 3. The number of hydrogen-bond acceptors (Lipinski definition) is 4. The number of aliphatic hydroxyl groups excluding tert-OH is 1. The summed E-state index contributed by atoms with van der Waals surface area (Å²) in [5.41, 5.74) is 1.12. The summed E-state index contributed by atoms with van der Waals surface area (Å²) in [6.45, 7) is 2.13. The second-order valence-corrected chi connectivity index (χ2v) is 3.79. The van der Waals surface area contributed by atoms with Gasteiger partial charge < -0.3 is 10.4 Å². The molecule has 0 aliphatic heterocycles. The highest BCUT2D eigenvalue weighted by molar-refractivity contribution is 6.02. The van der Waals surface area contributed by atoms with Gasteiger partial charge in [0.25, 0.3) is 5.91 Å². The standard InChI is InChI=1S/C12H14N4O2/c1-9-8-11(16(15-9)6-7-17)14-12(18)10-4-2-3-5-13-10/h2-5,8,17H,6-7H2,1H3,(H,14,18). The number of nitrogens with zero attached hydrogens (tertiary/aromatic N) is 3. The Morgan fingerprint density at radius 1 is 1.50 bits per heavy atom. The molecular formula is C12H14N4O2. The average Bonchev–Trinajstić information content (AvgIpc) is 2.71. The molecule has 0 radical (unpaired) electrons. The Balaban J connectivity index is 2.16. The molecule has 0 saturated heterocycles. The summed E-state index contributed by atoms with van der Waals surface area (Å²) in [4.78, 5) is 15.9. The number of hydrogen-bond donors (Lipinski definition) is 2. The van der Waals surface area contributed by atoms with Crippen molar-refractivity contribution in [2.45, 2.75) is 13.5 Å². The van der Waals surface area contributed by atoms with Crippen molar-refractivity contribution >= 4 is 11.7 Å². The van der Waals surface area contributed by atoms with Gasteiger partial charge in [0.2, 0.25) is 0 Å². The number of rotatable bonds is 4. The van der Waals surface area contributed by atoms with E-state index in [1.54, 1.807) is 35.1 Å². The Morgan fingerprint density at radius 3 is 3.00 bits per heavy atom. The monoisotopic (exact) mass is 246 g/mol. The molecule has 2 heterocycles. The Hall–Kier alpha value is -2.21. The zero-order valence-electron chi connectivity index (χ0n) is 10.00. The maximum Gasteiger partial charge on any atom is 0.275 e. The Labute approximate surface area is 104 Å². The fraction of sp³-hybridized carbons (Fsp3) is 0.250. The molecule has 18 heavy (non-hydrogen) atoms. The Bertz CT molecular complexity index is 536. The molecule has 0 aliphatic rings. The SMILES string of the molecule is Cc1cc(NC(=O)c2ccccn2)n(CCO)n1. The number of amides is 1. The quantitative estimate of drug-likeness (QED) is 0.837. The minimum absolute atomic E-state index is 0.0341. The van der Waals surface area contributed by atoms with E-state index in [2.05, 4.69) is 15.4 Å². The lowest BCUT2D eigenvalue weighted by Crippen LogP contribution is -2.17. The molecule has 94 valence electrons. The first-order chi connectivity index (χ1) is 8.70. The minimum atomic E-state index is -0.297. The molecule has 2 aromatic heterocycles. The zero-order chi connectivity index (χ0) is 13.0. The molecule has 0 aromatic carbocycles. The normalized spacial score (nSPS) is 10.3. The lowest BCUT2D eigenvalue weighted by molar-refractivity contribution is 0.102. The van der Waals surface area contributed by atoms with Gasteiger partial charge in [0.15, 0.2) is 0 Å². The number of aryl methyl sites for hydroxylation is 1. The van der Waals surface area contributed by atoms with E-state index >= 15 is 0 Å². The molecule has 1 amide bonds. The van der Waals surface area contributed by atoms with Gasteiger partial charge in [-0.3, -0.25) is 9.78 Å². The van der Waals surface area contributed by atoms with Crippen LogP contribution in [-0.4, -0.2) is 32.4 Å². The molecule has 0 fully saturated rings. The van der Waals surface area contributed by atoms with Crippen LogP contribution in [0.2, 0.25) is 0 Å². The highest BCUT2D eigenvalue weighted by Crippen LogP contribution is 2.11. The first-order valence-corrected chi connectivity index (χ1v) is 5.58. The average molecular weight is 246 g/mol. The smallest absolute Gasteiger partial charge is 0.275 e. The van der Waals surface area contributed by atoms with Crippen LogP contribution in [0.4, 0.5) is 5.82 Å². The molecule has 0 bridgehead atoms. The van der Waals surface area contributed by atoms with Crippen LogP contribution in [0.3, 0.4) is 0 Å². The number of nitrogens with one attached hydrogen (secondary N) is 1. The first-order valence-electron chi connectivity index (χ1n) is 5.58. The number of pyridine rings is 1. The lowest BCUT2D eigenvalue weighted by atomic mass is 10.3. The molecule has 6 heteroatoms. The third kappa shape index (κ3) is 2.72. The third-order valence-corrected chi connectivity index (χ3v) is 2.35. The van der Waals surface area contributed by atoms with Crippen molar-refractivity contribution in [3.8, 4) is 0 Å². The summed E-state index contributed by atoms with van der Waals surface area (Å²) >= 11 is 0. The molecule has 0 spiro atoms. The summed E-state index contributed by atoms with van der Waals surface area (Å²) in [6.07, 6.45) is 1.56. The van der Waals surface area contributed by atoms with Crippen LogP contribution >= 0.6 is 0 Å².